The number of unbranched alkanes of at least 4 members (excludes halogenated alkanes) is 37. The van der Waals surface area contributed by atoms with Gasteiger partial charge in [0.15, 0.2) is 6.10 Å². The second-order valence-corrected chi connectivity index (χ2v) is 22.0. The molecule has 0 bridgehead atoms. The highest BCUT2D eigenvalue weighted by molar-refractivity contribution is 5.71. The van der Waals surface area contributed by atoms with Crippen molar-refractivity contribution in [2.75, 3.05) is 13.2 Å². The van der Waals surface area contributed by atoms with Gasteiger partial charge in [0.2, 0.25) is 0 Å². The Morgan fingerprint density at radius 1 is 0.276 bits per heavy atom. The minimum absolute atomic E-state index is 0.0887. The molecular weight excluding hydrogens is 937 g/mol. The summed E-state index contributed by atoms with van der Waals surface area (Å²) in [6, 6.07) is 0. The molecule has 0 aromatic rings. The number of hydrogen-bond acceptors (Lipinski definition) is 6. The van der Waals surface area contributed by atoms with Gasteiger partial charge in [-0.05, 0) is 89.9 Å². The summed E-state index contributed by atoms with van der Waals surface area (Å²) in [5.41, 5.74) is 0. The first-order chi connectivity index (χ1) is 37.5. The minimum Gasteiger partial charge on any atom is -0.462 e. The summed E-state index contributed by atoms with van der Waals surface area (Å²) < 4.78 is 16.9. The zero-order chi connectivity index (χ0) is 55.0. The summed E-state index contributed by atoms with van der Waals surface area (Å²) in [7, 11) is 0. The Morgan fingerprint density at radius 2 is 0.513 bits per heavy atom. The van der Waals surface area contributed by atoms with Gasteiger partial charge < -0.3 is 14.2 Å². The molecule has 0 saturated heterocycles. The van der Waals surface area contributed by atoms with E-state index in [-0.39, 0.29) is 31.1 Å². The first-order valence-electron chi connectivity index (χ1n) is 32.9. The smallest absolute Gasteiger partial charge is 0.306 e. The van der Waals surface area contributed by atoms with Crippen LogP contribution in [0, 0.1) is 0 Å². The predicted octanol–water partition coefficient (Wildman–Crippen LogP) is 22.5. The Hall–Kier alpha value is -3.15. The van der Waals surface area contributed by atoms with Gasteiger partial charge in [0, 0.05) is 19.3 Å². The average molecular weight is 1060 g/mol. The van der Waals surface area contributed by atoms with Crippen molar-refractivity contribution in [2.45, 2.75) is 341 Å². The second-order valence-electron chi connectivity index (χ2n) is 22.0. The first kappa shape index (κ1) is 72.8. The van der Waals surface area contributed by atoms with Gasteiger partial charge in [-0.3, -0.25) is 14.4 Å². The third kappa shape index (κ3) is 61.7. The van der Waals surface area contributed by atoms with Gasteiger partial charge in [-0.25, -0.2) is 0 Å². The maximum absolute atomic E-state index is 12.9. The normalized spacial score (nSPS) is 12.5. The molecule has 0 heterocycles. The van der Waals surface area contributed by atoms with E-state index >= 15 is 0 Å². The van der Waals surface area contributed by atoms with Crippen molar-refractivity contribution in [2.24, 2.45) is 0 Å². The number of carbonyl (C=O) groups is 3. The fraction of sp³-hybridized carbons (Fsp3) is 0.786. The van der Waals surface area contributed by atoms with Crippen LogP contribution >= 0.6 is 0 Å². The van der Waals surface area contributed by atoms with Crippen LogP contribution in [-0.2, 0) is 28.6 Å². The van der Waals surface area contributed by atoms with Crippen LogP contribution in [0.5, 0.6) is 0 Å². The highest BCUT2D eigenvalue weighted by Gasteiger charge is 2.19. The Morgan fingerprint density at radius 3 is 0.842 bits per heavy atom. The quantitative estimate of drug-likeness (QED) is 0.0261. The lowest BCUT2D eigenvalue weighted by atomic mass is 10.0. The standard InChI is InChI=1S/C70H124O6/c1-4-7-10-13-16-19-22-25-27-29-31-32-33-34-35-36-37-39-40-42-45-48-51-54-57-60-63-69(72)75-66-67(65-74-68(71)62-59-56-53-50-47-44-24-21-18-15-12-9-6-3)76-70(73)64-61-58-55-52-49-46-43-41-38-30-28-26-23-20-17-14-11-8-5-2/h8,11,17,20-21,24,26,28,38,41,46,49,67H,4-7,9-10,12-16,18-19,22-23,25,27,29-37,39-40,42-45,47-48,50-66H2,1-3H3/b11-8-,20-17-,24-21-,28-26-,41-38-,49-46-. The maximum Gasteiger partial charge on any atom is 0.306 e. The second kappa shape index (κ2) is 64.4. The molecule has 0 aliphatic carbocycles. The van der Waals surface area contributed by atoms with Crippen LogP contribution in [0.25, 0.3) is 0 Å². The molecule has 76 heavy (non-hydrogen) atoms. The summed E-state index contributed by atoms with van der Waals surface area (Å²) in [5.74, 6) is -0.915. The fourth-order valence-corrected chi connectivity index (χ4v) is 9.53. The molecule has 6 nitrogen and oxygen atoms in total. The van der Waals surface area contributed by atoms with E-state index in [4.69, 9.17) is 14.2 Å². The predicted molar refractivity (Wildman–Crippen MR) is 330 cm³/mol. The largest absolute Gasteiger partial charge is 0.462 e. The lowest BCUT2D eigenvalue weighted by molar-refractivity contribution is -0.167. The number of esters is 3. The summed E-state index contributed by atoms with van der Waals surface area (Å²) >= 11 is 0. The molecule has 0 fully saturated rings. The molecule has 0 aromatic carbocycles. The Labute approximate surface area is 472 Å². The van der Waals surface area contributed by atoms with Crippen LogP contribution in [0.1, 0.15) is 335 Å². The number of hydrogen-bond donors (Lipinski definition) is 0. The number of rotatable bonds is 60. The van der Waals surface area contributed by atoms with Crippen LogP contribution in [-0.4, -0.2) is 37.2 Å². The van der Waals surface area contributed by atoms with Gasteiger partial charge in [0.1, 0.15) is 13.2 Å². The lowest BCUT2D eigenvalue weighted by Crippen LogP contribution is -2.30. The molecule has 0 spiro atoms. The van der Waals surface area contributed by atoms with Crippen LogP contribution in [0.4, 0.5) is 0 Å². The lowest BCUT2D eigenvalue weighted by Gasteiger charge is -2.18. The van der Waals surface area contributed by atoms with Crippen molar-refractivity contribution < 1.29 is 28.6 Å². The molecular formula is C70H124O6. The van der Waals surface area contributed by atoms with Gasteiger partial charge in [-0.1, -0.05) is 299 Å². The molecule has 0 rings (SSSR count). The highest BCUT2D eigenvalue weighted by Crippen LogP contribution is 2.17. The summed E-state index contributed by atoms with van der Waals surface area (Å²) in [6.45, 7) is 6.52. The van der Waals surface area contributed by atoms with Gasteiger partial charge in [0.25, 0.3) is 0 Å². The van der Waals surface area contributed by atoms with E-state index in [1.165, 1.54) is 193 Å². The van der Waals surface area contributed by atoms with E-state index in [9.17, 15) is 14.4 Å². The van der Waals surface area contributed by atoms with Crippen LogP contribution < -0.4 is 0 Å². The van der Waals surface area contributed by atoms with E-state index in [1.807, 2.05) is 0 Å². The van der Waals surface area contributed by atoms with Crippen molar-refractivity contribution in [3.8, 4) is 0 Å². The maximum atomic E-state index is 12.9. The van der Waals surface area contributed by atoms with Crippen molar-refractivity contribution in [3.63, 3.8) is 0 Å². The summed E-state index contributed by atoms with van der Waals surface area (Å²) in [6.07, 6.45) is 83.5. The molecule has 0 aliphatic heterocycles. The number of carbonyl (C=O) groups excluding carboxylic acids is 3. The first-order valence-corrected chi connectivity index (χ1v) is 32.9. The third-order valence-electron chi connectivity index (χ3n) is 14.4. The van der Waals surface area contributed by atoms with E-state index < -0.39 is 6.10 Å². The van der Waals surface area contributed by atoms with E-state index in [1.54, 1.807) is 0 Å². The molecule has 0 aliphatic rings. The molecule has 440 valence electrons. The fourth-order valence-electron chi connectivity index (χ4n) is 9.53. The minimum atomic E-state index is -0.796. The molecule has 0 aromatic heterocycles. The Kier molecular flexibility index (Phi) is 61.7. The van der Waals surface area contributed by atoms with Crippen LogP contribution in [0.15, 0.2) is 72.9 Å². The van der Waals surface area contributed by atoms with Gasteiger partial charge in [0.05, 0.1) is 0 Å². The third-order valence-corrected chi connectivity index (χ3v) is 14.4. The molecule has 0 radical (unpaired) electrons. The molecule has 0 saturated carbocycles. The van der Waals surface area contributed by atoms with Crippen molar-refractivity contribution in [1.82, 2.24) is 0 Å². The Balaban J connectivity index is 4.29. The van der Waals surface area contributed by atoms with Gasteiger partial charge >= 0.3 is 17.9 Å². The average Bonchev–Trinajstić information content (AvgIpc) is 3.42. The topological polar surface area (TPSA) is 78.9 Å². The van der Waals surface area contributed by atoms with Gasteiger partial charge in [-0.15, -0.1) is 0 Å². The van der Waals surface area contributed by atoms with E-state index in [2.05, 4.69) is 93.7 Å². The Bertz CT molecular complexity index is 1400. The number of allylic oxidation sites excluding steroid dienone is 12. The van der Waals surface area contributed by atoms with E-state index in [0.29, 0.717) is 19.3 Å². The SMILES string of the molecule is CC/C=C\C/C=C\C/C=C\C/C=C\C/C=C\CCCCCC(=O)OC(COC(=O)CCCCCCC/C=C\CCCCCC)COC(=O)CCCCCCCCCCCCCCCCCCCCCCCCCCCC. The zero-order valence-electron chi connectivity index (χ0n) is 50.5. The molecule has 1 unspecified atom stereocenters. The van der Waals surface area contributed by atoms with Crippen LogP contribution in [0.2, 0.25) is 0 Å². The molecule has 6 heteroatoms. The van der Waals surface area contributed by atoms with Crippen molar-refractivity contribution >= 4 is 17.9 Å². The molecule has 0 amide bonds. The van der Waals surface area contributed by atoms with Crippen LogP contribution in [0.3, 0.4) is 0 Å². The molecule has 1 atom stereocenters. The monoisotopic (exact) mass is 1060 g/mol. The zero-order valence-corrected chi connectivity index (χ0v) is 50.5. The summed E-state index contributed by atoms with van der Waals surface area (Å²) in [5, 5.41) is 0. The highest BCUT2D eigenvalue weighted by atomic mass is 16.6. The van der Waals surface area contributed by atoms with Crippen molar-refractivity contribution in [3.05, 3.63) is 72.9 Å². The summed E-state index contributed by atoms with van der Waals surface area (Å²) in [4.78, 5) is 38.3. The van der Waals surface area contributed by atoms with E-state index in [0.717, 1.165) is 103 Å². The number of ether oxygens (including phenoxy) is 3. The van der Waals surface area contributed by atoms with Gasteiger partial charge in [-0.2, -0.15) is 0 Å². The van der Waals surface area contributed by atoms with Crippen molar-refractivity contribution in [1.29, 1.82) is 0 Å². The molecule has 0 N–H and O–H groups in total.